The predicted molar refractivity (Wildman–Crippen MR) is 59.0 cm³/mol. The average molecular weight is 200 g/mol. The molecule has 2 rings (SSSR count). The van der Waals surface area contributed by atoms with Crippen molar-refractivity contribution in [1.82, 2.24) is 4.57 Å². The number of carbonyl (C=O) groups excluding carboxylic acids is 1. The molecule has 2 aromatic rings. The van der Waals surface area contributed by atoms with E-state index in [0.29, 0.717) is 5.69 Å². The molecule has 76 valence electrons. The van der Waals surface area contributed by atoms with Crippen molar-refractivity contribution in [3.63, 3.8) is 0 Å². The van der Waals surface area contributed by atoms with Gasteiger partial charge in [0.25, 0.3) is 5.91 Å². The average Bonchev–Trinajstić information content (AvgIpc) is 2.67. The van der Waals surface area contributed by atoms with E-state index in [4.69, 9.17) is 5.73 Å². The van der Waals surface area contributed by atoms with Gasteiger partial charge in [-0.15, -0.1) is 0 Å². The quantitative estimate of drug-likeness (QED) is 0.790. The van der Waals surface area contributed by atoms with Crippen LogP contribution in [0, 0.1) is 6.92 Å². The van der Waals surface area contributed by atoms with Crippen LogP contribution in [0.1, 0.15) is 16.1 Å². The van der Waals surface area contributed by atoms with Crippen molar-refractivity contribution in [2.24, 2.45) is 5.73 Å². The van der Waals surface area contributed by atoms with Gasteiger partial charge in [0.2, 0.25) is 0 Å². The van der Waals surface area contributed by atoms with Gasteiger partial charge in [-0.1, -0.05) is 18.2 Å². The molecular formula is C12H12N2O. The van der Waals surface area contributed by atoms with Crippen molar-refractivity contribution in [2.75, 3.05) is 0 Å². The molecule has 1 amide bonds. The van der Waals surface area contributed by atoms with E-state index in [1.54, 1.807) is 10.6 Å². The van der Waals surface area contributed by atoms with E-state index in [-0.39, 0.29) is 0 Å². The second kappa shape index (κ2) is 3.61. The Morgan fingerprint density at radius 1 is 1.20 bits per heavy atom. The highest BCUT2D eigenvalue weighted by Gasteiger charge is 2.08. The van der Waals surface area contributed by atoms with Crippen molar-refractivity contribution in [3.05, 3.63) is 53.9 Å². The second-order valence-electron chi connectivity index (χ2n) is 3.41. The number of hydrogen-bond donors (Lipinski definition) is 1. The summed E-state index contributed by atoms with van der Waals surface area (Å²) in [6.07, 6.45) is 1.84. The smallest absolute Gasteiger partial charge is 0.265 e. The Bertz CT molecular complexity index is 500. The van der Waals surface area contributed by atoms with Gasteiger partial charge >= 0.3 is 0 Å². The number of nitrogens with two attached hydrogens (primary N) is 1. The Labute approximate surface area is 88.1 Å². The zero-order valence-corrected chi connectivity index (χ0v) is 8.47. The SMILES string of the molecule is Cc1ccccc1-n1cccc1C(N)=O. The molecule has 0 saturated carbocycles. The van der Waals surface area contributed by atoms with Crippen molar-refractivity contribution in [3.8, 4) is 5.69 Å². The lowest BCUT2D eigenvalue weighted by Gasteiger charge is -2.09. The van der Waals surface area contributed by atoms with Crippen LogP contribution in [0.4, 0.5) is 0 Å². The number of hydrogen-bond acceptors (Lipinski definition) is 1. The minimum absolute atomic E-state index is 0.414. The number of rotatable bonds is 2. The summed E-state index contributed by atoms with van der Waals surface area (Å²) < 4.78 is 1.80. The number of aromatic nitrogens is 1. The first-order valence-electron chi connectivity index (χ1n) is 4.73. The van der Waals surface area contributed by atoms with Crippen LogP contribution in [-0.2, 0) is 0 Å². The van der Waals surface area contributed by atoms with Gasteiger partial charge < -0.3 is 10.3 Å². The minimum atomic E-state index is -0.414. The maximum Gasteiger partial charge on any atom is 0.265 e. The molecule has 0 radical (unpaired) electrons. The molecule has 3 heteroatoms. The third-order valence-electron chi connectivity index (χ3n) is 2.38. The largest absolute Gasteiger partial charge is 0.364 e. The van der Waals surface area contributed by atoms with E-state index < -0.39 is 5.91 Å². The van der Waals surface area contributed by atoms with E-state index in [1.807, 2.05) is 43.5 Å². The summed E-state index contributed by atoms with van der Waals surface area (Å²) in [5.41, 5.74) is 7.88. The van der Waals surface area contributed by atoms with Gasteiger partial charge in [0.15, 0.2) is 0 Å². The molecule has 0 aliphatic heterocycles. The van der Waals surface area contributed by atoms with Crippen LogP contribution in [0.15, 0.2) is 42.6 Å². The van der Waals surface area contributed by atoms with Crippen molar-refractivity contribution in [1.29, 1.82) is 0 Å². The van der Waals surface area contributed by atoms with Gasteiger partial charge in [-0.25, -0.2) is 0 Å². The zero-order chi connectivity index (χ0) is 10.8. The van der Waals surface area contributed by atoms with Crippen LogP contribution in [0.2, 0.25) is 0 Å². The van der Waals surface area contributed by atoms with E-state index in [9.17, 15) is 4.79 Å². The number of benzene rings is 1. The van der Waals surface area contributed by atoms with Gasteiger partial charge in [-0.05, 0) is 30.7 Å². The first-order chi connectivity index (χ1) is 7.20. The standard InChI is InChI=1S/C12H12N2O/c1-9-5-2-3-6-10(9)14-8-4-7-11(14)12(13)15/h2-8H,1H3,(H2,13,15). The molecule has 0 saturated heterocycles. The predicted octanol–water partition coefficient (Wildman–Crippen LogP) is 1.88. The maximum absolute atomic E-state index is 11.2. The summed E-state index contributed by atoms with van der Waals surface area (Å²) in [4.78, 5) is 11.2. The number of aryl methyl sites for hydroxylation is 1. The third kappa shape index (κ3) is 1.64. The van der Waals surface area contributed by atoms with Crippen LogP contribution in [0.25, 0.3) is 5.69 Å². The summed E-state index contributed by atoms with van der Waals surface area (Å²) in [6, 6.07) is 11.4. The van der Waals surface area contributed by atoms with Crippen molar-refractivity contribution in [2.45, 2.75) is 6.92 Å². The van der Waals surface area contributed by atoms with Gasteiger partial charge in [0.05, 0.1) is 0 Å². The first-order valence-corrected chi connectivity index (χ1v) is 4.73. The molecule has 0 atom stereocenters. The molecule has 1 aromatic carbocycles. The lowest BCUT2D eigenvalue weighted by atomic mass is 10.2. The fourth-order valence-electron chi connectivity index (χ4n) is 1.63. The zero-order valence-electron chi connectivity index (χ0n) is 8.47. The monoisotopic (exact) mass is 200 g/mol. The van der Waals surface area contributed by atoms with Crippen LogP contribution >= 0.6 is 0 Å². The molecule has 2 N–H and O–H groups in total. The van der Waals surface area contributed by atoms with Crippen molar-refractivity contribution >= 4 is 5.91 Å². The summed E-state index contributed by atoms with van der Waals surface area (Å²) >= 11 is 0. The molecule has 0 bridgehead atoms. The van der Waals surface area contributed by atoms with Gasteiger partial charge in [0.1, 0.15) is 5.69 Å². The van der Waals surface area contributed by atoms with E-state index in [1.165, 1.54) is 0 Å². The Morgan fingerprint density at radius 3 is 2.60 bits per heavy atom. The number of amides is 1. The van der Waals surface area contributed by atoms with E-state index in [2.05, 4.69) is 0 Å². The Balaban J connectivity index is 2.59. The Morgan fingerprint density at radius 2 is 1.93 bits per heavy atom. The van der Waals surface area contributed by atoms with Gasteiger partial charge in [-0.2, -0.15) is 0 Å². The molecule has 0 unspecified atom stereocenters. The lowest BCUT2D eigenvalue weighted by Crippen LogP contribution is -2.15. The number of carbonyl (C=O) groups is 1. The lowest BCUT2D eigenvalue weighted by molar-refractivity contribution is 0.0994. The maximum atomic E-state index is 11.2. The fourth-order valence-corrected chi connectivity index (χ4v) is 1.63. The second-order valence-corrected chi connectivity index (χ2v) is 3.41. The highest BCUT2D eigenvalue weighted by atomic mass is 16.1. The molecule has 0 aliphatic carbocycles. The molecule has 1 heterocycles. The fraction of sp³-hybridized carbons (Fsp3) is 0.0833. The molecular weight excluding hydrogens is 188 g/mol. The van der Waals surface area contributed by atoms with Crippen molar-refractivity contribution < 1.29 is 4.79 Å². The molecule has 3 nitrogen and oxygen atoms in total. The molecule has 15 heavy (non-hydrogen) atoms. The van der Waals surface area contributed by atoms with E-state index >= 15 is 0 Å². The molecule has 0 spiro atoms. The van der Waals surface area contributed by atoms with Crippen LogP contribution < -0.4 is 5.73 Å². The summed E-state index contributed by atoms with van der Waals surface area (Å²) in [5, 5.41) is 0. The summed E-state index contributed by atoms with van der Waals surface area (Å²) in [7, 11) is 0. The topological polar surface area (TPSA) is 48.0 Å². The van der Waals surface area contributed by atoms with E-state index in [0.717, 1.165) is 11.3 Å². The number of para-hydroxylation sites is 1. The molecule has 1 aromatic heterocycles. The molecule has 0 aliphatic rings. The van der Waals surface area contributed by atoms with Crippen LogP contribution in [0.3, 0.4) is 0 Å². The highest BCUT2D eigenvalue weighted by molar-refractivity contribution is 5.92. The molecule has 0 fully saturated rings. The Kier molecular flexibility index (Phi) is 2.29. The normalized spacial score (nSPS) is 10.2. The summed E-state index contributed by atoms with van der Waals surface area (Å²) in [5.74, 6) is -0.414. The summed E-state index contributed by atoms with van der Waals surface area (Å²) in [6.45, 7) is 2.00. The first kappa shape index (κ1) is 9.52. The van der Waals surface area contributed by atoms with Gasteiger partial charge in [0, 0.05) is 11.9 Å². The third-order valence-corrected chi connectivity index (χ3v) is 2.38. The minimum Gasteiger partial charge on any atom is -0.364 e. The van der Waals surface area contributed by atoms with Gasteiger partial charge in [-0.3, -0.25) is 4.79 Å². The highest BCUT2D eigenvalue weighted by Crippen LogP contribution is 2.16. The number of nitrogens with zero attached hydrogens (tertiary/aromatic N) is 1. The number of primary amides is 1. The van der Waals surface area contributed by atoms with Crippen LogP contribution in [-0.4, -0.2) is 10.5 Å². The Hall–Kier alpha value is -2.03. The van der Waals surface area contributed by atoms with Crippen LogP contribution in [0.5, 0.6) is 0 Å².